The molecule has 0 aliphatic heterocycles. The molecular formula is C10H9F2NO3. The fourth-order valence-electron chi connectivity index (χ4n) is 1.14. The number of amides is 1. The Hall–Kier alpha value is -1.98. The van der Waals surface area contributed by atoms with E-state index in [1.54, 1.807) is 0 Å². The number of halogens is 2. The summed E-state index contributed by atoms with van der Waals surface area (Å²) in [7, 11) is 0. The molecule has 16 heavy (non-hydrogen) atoms. The molecule has 0 aromatic heterocycles. The van der Waals surface area contributed by atoms with Crippen LogP contribution in [0.4, 0.5) is 14.5 Å². The molecule has 0 saturated heterocycles. The minimum Gasteiger partial charge on any atom is -0.480 e. The van der Waals surface area contributed by atoms with Gasteiger partial charge in [0.25, 0.3) is 0 Å². The molecule has 0 aliphatic carbocycles. The third-order valence-electron chi connectivity index (χ3n) is 2.09. The van der Waals surface area contributed by atoms with E-state index in [9.17, 15) is 18.4 Å². The quantitative estimate of drug-likeness (QED) is 0.794. The normalized spacial score (nSPS) is 11.9. The van der Waals surface area contributed by atoms with Crippen molar-refractivity contribution in [1.82, 2.24) is 0 Å². The van der Waals surface area contributed by atoms with Crippen LogP contribution in [0.15, 0.2) is 18.2 Å². The summed E-state index contributed by atoms with van der Waals surface area (Å²) < 4.78 is 25.5. The second kappa shape index (κ2) is 4.69. The van der Waals surface area contributed by atoms with Gasteiger partial charge in [0.1, 0.15) is 6.04 Å². The molecule has 1 N–H and O–H groups in total. The van der Waals surface area contributed by atoms with Crippen LogP contribution in [0.3, 0.4) is 0 Å². The summed E-state index contributed by atoms with van der Waals surface area (Å²) in [5, 5.41) is 8.70. The molecule has 0 radical (unpaired) electrons. The lowest BCUT2D eigenvalue weighted by atomic mass is 10.2. The van der Waals surface area contributed by atoms with Gasteiger partial charge in [-0.2, -0.15) is 0 Å². The first-order valence-corrected chi connectivity index (χ1v) is 4.39. The maximum absolute atomic E-state index is 12.9. The summed E-state index contributed by atoms with van der Waals surface area (Å²) >= 11 is 0. The van der Waals surface area contributed by atoms with Gasteiger partial charge in [0.15, 0.2) is 11.6 Å². The van der Waals surface area contributed by atoms with Gasteiger partial charge in [-0.15, -0.1) is 0 Å². The van der Waals surface area contributed by atoms with Crippen LogP contribution in [0.25, 0.3) is 0 Å². The average molecular weight is 229 g/mol. The molecule has 0 fully saturated rings. The second-order valence-electron chi connectivity index (χ2n) is 3.13. The molecule has 1 atom stereocenters. The molecule has 1 unspecified atom stereocenters. The first-order valence-electron chi connectivity index (χ1n) is 4.39. The van der Waals surface area contributed by atoms with Crippen molar-refractivity contribution in [2.75, 3.05) is 4.90 Å². The van der Waals surface area contributed by atoms with Crippen molar-refractivity contribution in [3.8, 4) is 0 Å². The minimum atomic E-state index is -1.24. The summed E-state index contributed by atoms with van der Waals surface area (Å²) in [4.78, 5) is 22.1. The number of benzene rings is 1. The van der Waals surface area contributed by atoms with E-state index in [1.165, 1.54) is 6.92 Å². The fraction of sp³-hybridized carbons (Fsp3) is 0.200. The third kappa shape index (κ3) is 2.33. The lowest BCUT2D eigenvalue weighted by Crippen LogP contribution is -2.38. The molecule has 6 heteroatoms. The van der Waals surface area contributed by atoms with Crippen molar-refractivity contribution >= 4 is 18.1 Å². The molecule has 1 amide bonds. The van der Waals surface area contributed by atoms with Crippen molar-refractivity contribution in [3.63, 3.8) is 0 Å². The number of hydrogen-bond donors (Lipinski definition) is 1. The summed E-state index contributed by atoms with van der Waals surface area (Å²) in [6.07, 6.45) is 0.255. The van der Waals surface area contributed by atoms with E-state index >= 15 is 0 Å². The van der Waals surface area contributed by atoms with Crippen molar-refractivity contribution in [2.45, 2.75) is 13.0 Å². The summed E-state index contributed by atoms with van der Waals surface area (Å²) in [6, 6.07) is 1.58. The topological polar surface area (TPSA) is 57.6 Å². The Labute approximate surface area is 90.1 Å². The van der Waals surface area contributed by atoms with E-state index in [0.717, 1.165) is 23.1 Å². The Balaban J connectivity index is 3.09. The van der Waals surface area contributed by atoms with Gasteiger partial charge in [-0.3, -0.25) is 4.79 Å². The van der Waals surface area contributed by atoms with Crippen LogP contribution in [-0.4, -0.2) is 23.5 Å². The summed E-state index contributed by atoms with van der Waals surface area (Å²) in [5.74, 6) is -3.43. The van der Waals surface area contributed by atoms with E-state index in [0.29, 0.717) is 0 Å². The highest BCUT2D eigenvalue weighted by molar-refractivity contribution is 5.87. The van der Waals surface area contributed by atoms with Gasteiger partial charge in [-0.25, -0.2) is 13.6 Å². The van der Waals surface area contributed by atoms with Crippen LogP contribution in [0, 0.1) is 11.6 Å². The number of carboxylic acids is 1. The van der Waals surface area contributed by atoms with E-state index in [-0.39, 0.29) is 12.1 Å². The van der Waals surface area contributed by atoms with Crippen molar-refractivity contribution in [2.24, 2.45) is 0 Å². The van der Waals surface area contributed by atoms with Crippen LogP contribution in [0.5, 0.6) is 0 Å². The molecule has 0 heterocycles. The monoisotopic (exact) mass is 229 g/mol. The average Bonchev–Trinajstić information content (AvgIpc) is 2.24. The highest BCUT2D eigenvalue weighted by Crippen LogP contribution is 2.18. The van der Waals surface area contributed by atoms with Crippen LogP contribution in [0.1, 0.15) is 6.92 Å². The molecule has 0 aliphatic rings. The lowest BCUT2D eigenvalue weighted by Gasteiger charge is -2.21. The van der Waals surface area contributed by atoms with Gasteiger partial charge in [-0.05, 0) is 19.1 Å². The number of hydrogen-bond acceptors (Lipinski definition) is 2. The Morgan fingerprint density at radius 2 is 2.06 bits per heavy atom. The van der Waals surface area contributed by atoms with E-state index < -0.39 is 23.6 Å². The summed E-state index contributed by atoms with van der Waals surface area (Å²) in [6.45, 7) is 1.26. The van der Waals surface area contributed by atoms with Gasteiger partial charge in [0, 0.05) is 11.8 Å². The van der Waals surface area contributed by atoms with Crippen molar-refractivity contribution < 1.29 is 23.5 Å². The first kappa shape index (κ1) is 12.1. The fourth-order valence-corrected chi connectivity index (χ4v) is 1.14. The number of aliphatic carboxylic acids is 1. The number of anilines is 1. The Morgan fingerprint density at radius 1 is 1.44 bits per heavy atom. The zero-order valence-corrected chi connectivity index (χ0v) is 8.35. The lowest BCUT2D eigenvalue weighted by molar-refractivity contribution is -0.138. The van der Waals surface area contributed by atoms with Crippen molar-refractivity contribution in [3.05, 3.63) is 29.8 Å². The number of nitrogens with zero attached hydrogens (tertiary/aromatic N) is 1. The van der Waals surface area contributed by atoms with E-state index in [1.807, 2.05) is 0 Å². The minimum absolute atomic E-state index is 0.0104. The Kier molecular flexibility index (Phi) is 3.55. The number of carbonyl (C=O) groups is 2. The standard InChI is InChI=1S/C10H9F2NO3/c1-6(10(15)16)13(5-14)7-2-3-8(11)9(12)4-7/h2-6H,1H3,(H,15,16). The molecule has 1 aromatic carbocycles. The van der Waals surface area contributed by atoms with Crippen molar-refractivity contribution in [1.29, 1.82) is 0 Å². The van der Waals surface area contributed by atoms with Gasteiger partial charge in [0.05, 0.1) is 0 Å². The molecule has 1 rings (SSSR count). The van der Waals surface area contributed by atoms with Gasteiger partial charge in [-0.1, -0.05) is 0 Å². The van der Waals surface area contributed by atoms with Gasteiger partial charge in [0.2, 0.25) is 6.41 Å². The predicted octanol–water partition coefficient (Wildman–Crippen LogP) is 1.40. The summed E-state index contributed by atoms with van der Waals surface area (Å²) in [5.41, 5.74) is -0.0104. The smallest absolute Gasteiger partial charge is 0.326 e. The molecule has 0 saturated carbocycles. The van der Waals surface area contributed by atoms with E-state index in [4.69, 9.17) is 5.11 Å². The maximum atomic E-state index is 12.9. The predicted molar refractivity (Wildman–Crippen MR) is 52.0 cm³/mol. The molecular weight excluding hydrogens is 220 g/mol. The highest BCUT2D eigenvalue weighted by atomic mass is 19.2. The van der Waals surface area contributed by atoms with Gasteiger partial charge < -0.3 is 10.0 Å². The van der Waals surface area contributed by atoms with Crippen LogP contribution < -0.4 is 4.90 Å². The SMILES string of the molecule is CC(C(=O)O)N(C=O)c1ccc(F)c(F)c1. The molecule has 4 nitrogen and oxygen atoms in total. The largest absolute Gasteiger partial charge is 0.480 e. The van der Waals surface area contributed by atoms with E-state index in [2.05, 4.69) is 0 Å². The Bertz CT molecular complexity index is 423. The highest BCUT2D eigenvalue weighted by Gasteiger charge is 2.21. The third-order valence-corrected chi connectivity index (χ3v) is 2.09. The Morgan fingerprint density at radius 3 is 2.50 bits per heavy atom. The molecule has 1 aromatic rings. The molecule has 0 bridgehead atoms. The van der Waals surface area contributed by atoms with Crippen LogP contribution in [-0.2, 0) is 9.59 Å². The number of carbonyl (C=O) groups excluding carboxylic acids is 1. The number of carboxylic acid groups (broad SMARTS) is 1. The number of rotatable bonds is 4. The first-order chi connectivity index (χ1) is 7.47. The second-order valence-corrected chi connectivity index (χ2v) is 3.13. The van der Waals surface area contributed by atoms with Gasteiger partial charge >= 0.3 is 5.97 Å². The molecule has 86 valence electrons. The zero-order valence-electron chi connectivity index (χ0n) is 8.35. The maximum Gasteiger partial charge on any atom is 0.326 e. The van der Waals surface area contributed by atoms with Crippen LogP contribution >= 0.6 is 0 Å². The van der Waals surface area contributed by atoms with Crippen LogP contribution in [0.2, 0.25) is 0 Å². The zero-order chi connectivity index (χ0) is 12.3. The molecule has 0 spiro atoms.